The lowest BCUT2D eigenvalue weighted by atomic mass is 9.85. The van der Waals surface area contributed by atoms with E-state index in [-0.39, 0.29) is 0 Å². The van der Waals surface area contributed by atoms with E-state index in [9.17, 15) is 0 Å². The van der Waals surface area contributed by atoms with Crippen LogP contribution < -0.4 is 10.2 Å². The Morgan fingerprint density at radius 1 is 1.19 bits per heavy atom. The van der Waals surface area contributed by atoms with Gasteiger partial charge in [0.2, 0.25) is 0 Å². The lowest BCUT2D eigenvalue weighted by molar-refractivity contribution is 0.321. The van der Waals surface area contributed by atoms with Gasteiger partial charge >= 0.3 is 0 Å². The second kappa shape index (κ2) is 6.12. The van der Waals surface area contributed by atoms with Crippen molar-refractivity contribution in [2.75, 3.05) is 30.9 Å². The van der Waals surface area contributed by atoms with Gasteiger partial charge in [0, 0.05) is 32.3 Å². The van der Waals surface area contributed by atoms with Crippen LogP contribution in [0.5, 0.6) is 0 Å². The van der Waals surface area contributed by atoms with Gasteiger partial charge < -0.3 is 10.2 Å². The number of rotatable bonds is 5. The molecule has 0 aliphatic heterocycles. The minimum atomic E-state index is 0.776. The predicted octanol–water partition coefficient (Wildman–Crippen LogP) is 3.42. The van der Waals surface area contributed by atoms with E-state index in [1.54, 1.807) is 0 Å². The quantitative estimate of drug-likeness (QED) is 0.912. The number of anilines is 2. The van der Waals surface area contributed by atoms with Gasteiger partial charge in [-0.05, 0) is 18.8 Å². The van der Waals surface area contributed by atoms with E-state index in [4.69, 9.17) is 4.98 Å². The number of aromatic nitrogens is 2. The number of benzene rings is 1. The molecule has 0 atom stereocenters. The number of nitrogens with zero attached hydrogens (tertiary/aromatic N) is 3. The van der Waals surface area contributed by atoms with Crippen molar-refractivity contribution in [2.24, 2.45) is 5.92 Å². The summed E-state index contributed by atoms with van der Waals surface area (Å²) in [6, 6.07) is 12.2. The van der Waals surface area contributed by atoms with Crippen molar-refractivity contribution in [3.63, 3.8) is 0 Å². The second-order valence-electron chi connectivity index (χ2n) is 5.73. The molecule has 0 radical (unpaired) electrons. The smallest absolute Gasteiger partial charge is 0.163 e. The largest absolute Gasteiger partial charge is 0.373 e. The Hall–Kier alpha value is -2.10. The third kappa shape index (κ3) is 3.15. The monoisotopic (exact) mass is 282 g/mol. The minimum Gasteiger partial charge on any atom is -0.373 e. The molecule has 1 aromatic carbocycles. The van der Waals surface area contributed by atoms with E-state index in [1.807, 2.05) is 43.4 Å². The first-order valence-electron chi connectivity index (χ1n) is 7.59. The molecule has 1 aromatic heterocycles. The molecular formula is C17H22N4. The van der Waals surface area contributed by atoms with Crippen LogP contribution in [0.3, 0.4) is 0 Å². The molecule has 2 aromatic rings. The van der Waals surface area contributed by atoms with Crippen LogP contribution in [0.15, 0.2) is 36.4 Å². The fourth-order valence-corrected chi connectivity index (χ4v) is 2.63. The Morgan fingerprint density at radius 2 is 1.95 bits per heavy atom. The third-order valence-corrected chi connectivity index (χ3v) is 4.15. The molecule has 3 rings (SSSR count). The van der Waals surface area contributed by atoms with Crippen molar-refractivity contribution in [2.45, 2.75) is 19.3 Å². The van der Waals surface area contributed by atoms with Crippen molar-refractivity contribution < 1.29 is 0 Å². The summed E-state index contributed by atoms with van der Waals surface area (Å²) in [6.07, 6.45) is 4.07. The van der Waals surface area contributed by atoms with E-state index in [0.717, 1.165) is 35.5 Å². The molecule has 1 aliphatic carbocycles. The highest BCUT2D eigenvalue weighted by atomic mass is 15.2. The summed E-state index contributed by atoms with van der Waals surface area (Å²) in [4.78, 5) is 11.6. The minimum absolute atomic E-state index is 0.776. The molecule has 1 fully saturated rings. The van der Waals surface area contributed by atoms with Crippen LogP contribution in [0.1, 0.15) is 19.3 Å². The van der Waals surface area contributed by atoms with E-state index < -0.39 is 0 Å². The van der Waals surface area contributed by atoms with Gasteiger partial charge in [-0.15, -0.1) is 0 Å². The zero-order chi connectivity index (χ0) is 14.7. The molecule has 4 heteroatoms. The number of nitrogens with one attached hydrogen (secondary N) is 1. The van der Waals surface area contributed by atoms with Crippen LogP contribution in [-0.4, -0.2) is 30.6 Å². The molecule has 0 unspecified atom stereocenters. The topological polar surface area (TPSA) is 41.0 Å². The maximum absolute atomic E-state index is 4.74. The van der Waals surface area contributed by atoms with E-state index in [2.05, 4.69) is 22.2 Å². The Labute approximate surface area is 126 Å². The lowest BCUT2D eigenvalue weighted by Crippen LogP contribution is -2.30. The molecule has 0 saturated heterocycles. The normalized spacial score (nSPS) is 14.6. The van der Waals surface area contributed by atoms with Gasteiger partial charge in [0.05, 0.1) is 0 Å². The Morgan fingerprint density at radius 3 is 2.57 bits per heavy atom. The van der Waals surface area contributed by atoms with Crippen molar-refractivity contribution in [3.05, 3.63) is 36.4 Å². The number of hydrogen-bond donors (Lipinski definition) is 1. The summed E-state index contributed by atoms with van der Waals surface area (Å²) in [7, 11) is 4.02. The third-order valence-electron chi connectivity index (χ3n) is 4.15. The van der Waals surface area contributed by atoms with E-state index in [0.29, 0.717) is 0 Å². The predicted molar refractivity (Wildman–Crippen MR) is 87.6 cm³/mol. The van der Waals surface area contributed by atoms with Gasteiger partial charge in [-0.1, -0.05) is 36.8 Å². The van der Waals surface area contributed by atoms with Gasteiger partial charge in [-0.3, -0.25) is 0 Å². The fraction of sp³-hybridized carbons (Fsp3) is 0.412. The van der Waals surface area contributed by atoms with E-state index >= 15 is 0 Å². The van der Waals surface area contributed by atoms with Gasteiger partial charge in [0.15, 0.2) is 5.82 Å². The highest BCUT2D eigenvalue weighted by Crippen LogP contribution is 2.29. The molecule has 21 heavy (non-hydrogen) atoms. The highest BCUT2D eigenvalue weighted by Gasteiger charge is 2.20. The molecule has 110 valence electrons. The van der Waals surface area contributed by atoms with Crippen LogP contribution in [-0.2, 0) is 0 Å². The SMILES string of the molecule is CNc1cc(N(C)CC2CCC2)nc(-c2ccccc2)n1. The molecule has 1 heterocycles. The maximum Gasteiger partial charge on any atom is 0.163 e. The lowest BCUT2D eigenvalue weighted by Gasteiger charge is -2.30. The van der Waals surface area contributed by atoms with Crippen LogP contribution in [0.4, 0.5) is 11.6 Å². The highest BCUT2D eigenvalue weighted by molar-refractivity contribution is 5.61. The summed E-state index contributed by atoms with van der Waals surface area (Å²) in [5.74, 6) is 3.44. The fourth-order valence-electron chi connectivity index (χ4n) is 2.63. The first-order valence-corrected chi connectivity index (χ1v) is 7.59. The second-order valence-corrected chi connectivity index (χ2v) is 5.73. The average Bonchev–Trinajstić information content (AvgIpc) is 2.51. The Bertz CT molecular complexity index is 593. The molecule has 0 spiro atoms. The molecule has 1 N–H and O–H groups in total. The molecular weight excluding hydrogens is 260 g/mol. The van der Waals surface area contributed by atoms with Crippen molar-refractivity contribution >= 4 is 11.6 Å². The maximum atomic E-state index is 4.74. The van der Waals surface area contributed by atoms with Crippen LogP contribution in [0, 0.1) is 5.92 Å². The Kier molecular flexibility index (Phi) is 4.04. The Balaban J connectivity index is 1.89. The average molecular weight is 282 g/mol. The summed E-state index contributed by atoms with van der Waals surface area (Å²) >= 11 is 0. The van der Waals surface area contributed by atoms with Gasteiger partial charge in [0.25, 0.3) is 0 Å². The van der Waals surface area contributed by atoms with Crippen LogP contribution in [0.25, 0.3) is 11.4 Å². The zero-order valence-corrected chi connectivity index (χ0v) is 12.7. The number of hydrogen-bond acceptors (Lipinski definition) is 4. The molecule has 4 nitrogen and oxygen atoms in total. The van der Waals surface area contributed by atoms with Gasteiger partial charge in [0.1, 0.15) is 11.6 Å². The molecule has 0 amide bonds. The first kappa shape index (κ1) is 13.9. The first-order chi connectivity index (χ1) is 10.3. The summed E-state index contributed by atoms with van der Waals surface area (Å²) in [6.45, 7) is 1.08. The van der Waals surface area contributed by atoms with Crippen LogP contribution >= 0.6 is 0 Å². The van der Waals surface area contributed by atoms with Crippen molar-refractivity contribution in [1.82, 2.24) is 9.97 Å². The summed E-state index contributed by atoms with van der Waals surface area (Å²) in [5.41, 5.74) is 1.05. The van der Waals surface area contributed by atoms with Gasteiger partial charge in [-0.25, -0.2) is 9.97 Å². The van der Waals surface area contributed by atoms with E-state index in [1.165, 1.54) is 19.3 Å². The molecule has 1 saturated carbocycles. The summed E-state index contributed by atoms with van der Waals surface area (Å²) in [5, 5.41) is 3.14. The van der Waals surface area contributed by atoms with Crippen molar-refractivity contribution in [1.29, 1.82) is 0 Å². The van der Waals surface area contributed by atoms with Crippen molar-refractivity contribution in [3.8, 4) is 11.4 Å². The summed E-state index contributed by atoms with van der Waals surface area (Å²) < 4.78 is 0. The molecule has 0 bridgehead atoms. The molecule has 1 aliphatic rings. The van der Waals surface area contributed by atoms with Crippen LogP contribution in [0.2, 0.25) is 0 Å². The standard InChI is InChI=1S/C17H22N4/c1-18-15-11-16(21(2)12-13-7-6-8-13)20-17(19-15)14-9-4-3-5-10-14/h3-5,9-11,13H,6-8,12H2,1-2H3,(H,18,19,20). The van der Waals surface area contributed by atoms with Gasteiger partial charge in [-0.2, -0.15) is 0 Å². The zero-order valence-electron chi connectivity index (χ0n) is 12.7.